The van der Waals surface area contributed by atoms with E-state index in [2.05, 4.69) is 9.88 Å². The van der Waals surface area contributed by atoms with Gasteiger partial charge in [-0.25, -0.2) is 9.97 Å². The third-order valence-electron chi connectivity index (χ3n) is 5.78. The van der Waals surface area contributed by atoms with Gasteiger partial charge in [0.05, 0.1) is 36.2 Å². The Morgan fingerprint density at radius 3 is 2.59 bits per heavy atom. The topological polar surface area (TPSA) is 88.2 Å². The van der Waals surface area contributed by atoms with Gasteiger partial charge in [-0.3, -0.25) is 14.5 Å². The first-order valence-corrected chi connectivity index (χ1v) is 11.7. The summed E-state index contributed by atoms with van der Waals surface area (Å²) in [5, 5.41) is 1.36. The van der Waals surface area contributed by atoms with Gasteiger partial charge in [0.25, 0.3) is 0 Å². The quantitative estimate of drug-likeness (QED) is 0.330. The van der Waals surface area contributed by atoms with Gasteiger partial charge in [0.1, 0.15) is 10.9 Å². The molecule has 8 heteroatoms. The number of rotatable bonds is 7. The van der Waals surface area contributed by atoms with Crippen molar-refractivity contribution in [1.82, 2.24) is 19.9 Å². The lowest BCUT2D eigenvalue weighted by Gasteiger charge is -2.26. The minimum absolute atomic E-state index is 0.0369. The molecule has 3 heterocycles. The molecule has 0 saturated carbocycles. The summed E-state index contributed by atoms with van der Waals surface area (Å²) in [5.41, 5.74) is 3.42. The van der Waals surface area contributed by atoms with Crippen molar-refractivity contribution in [3.8, 4) is 0 Å². The van der Waals surface area contributed by atoms with Gasteiger partial charge in [0, 0.05) is 29.7 Å². The fourth-order valence-electron chi connectivity index (χ4n) is 4.16. The number of benzene rings is 1. The van der Waals surface area contributed by atoms with E-state index in [-0.39, 0.29) is 16.8 Å². The lowest BCUT2D eigenvalue weighted by atomic mass is 10.0. The number of Topliss-reactive ketones (excluding diaryl/α,β-unsaturated/α-hetero) is 2. The van der Waals surface area contributed by atoms with Crippen LogP contribution in [-0.4, -0.2) is 63.0 Å². The highest BCUT2D eigenvalue weighted by molar-refractivity contribution is 8.00. The molecule has 0 spiro atoms. The summed E-state index contributed by atoms with van der Waals surface area (Å²) in [6.45, 7) is 10.9. The molecule has 1 aliphatic heterocycles. The zero-order valence-electron chi connectivity index (χ0n) is 18.9. The van der Waals surface area contributed by atoms with E-state index in [1.165, 1.54) is 18.7 Å². The Hall–Kier alpha value is -2.55. The van der Waals surface area contributed by atoms with Gasteiger partial charge < -0.3 is 9.72 Å². The molecule has 0 bridgehead atoms. The molecule has 0 radical (unpaired) electrons. The van der Waals surface area contributed by atoms with E-state index in [1.54, 1.807) is 0 Å². The lowest BCUT2D eigenvalue weighted by Crippen LogP contribution is -2.36. The number of aromatic amines is 1. The predicted octanol–water partition coefficient (Wildman–Crippen LogP) is 3.97. The van der Waals surface area contributed by atoms with Crippen LogP contribution in [0.3, 0.4) is 0 Å². The molecule has 32 heavy (non-hydrogen) atoms. The number of carbonyl (C=O) groups excluding carboxylic acids is 2. The fourth-order valence-corrected chi connectivity index (χ4v) is 5.18. The van der Waals surface area contributed by atoms with Crippen molar-refractivity contribution in [3.63, 3.8) is 0 Å². The van der Waals surface area contributed by atoms with E-state index < -0.39 is 0 Å². The largest absolute Gasteiger partial charge is 0.379 e. The number of hydrogen-bond donors (Lipinski definition) is 1. The van der Waals surface area contributed by atoms with Gasteiger partial charge in [0.2, 0.25) is 0 Å². The molecular formula is C24H28N4O3S. The Kier molecular flexibility index (Phi) is 6.74. The van der Waals surface area contributed by atoms with Gasteiger partial charge in [-0.15, -0.1) is 0 Å². The Bertz CT molecular complexity index is 1170. The molecule has 0 aliphatic carbocycles. The maximum atomic E-state index is 13.3. The molecular weight excluding hydrogens is 424 g/mol. The van der Waals surface area contributed by atoms with Crippen molar-refractivity contribution < 1.29 is 14.3 Å². The number of hydrogen-bond acceptors (Lipinski definition) is 7. The maximum absolute atomic E-state index is 13.3. The Labute approximate surface area is 192 Å². The molecule has 1 fully saturated rings. The number of nitrogens with one attached hydrogen (secondary N) is 1. The molecule has 1 N–H and O–H groups in total. The Morgan fingerprint density at radius 2 is 1.91 bits per heavy atom. The summed E-state index contributed by atoms with van der Waals surface area (Å²) in [6.07, 6.45) is 0. The number of carbonyl (C=O) groups is 2. The highest BCUT2D eigenvalue weighted by Crippen LogP contribution is 2.31. The van der Waals surface area contributed by atoms with Gasteiger partial charge in [0.15, 0.2) is 11.6 Å². The van der Waals surface area contributed by atoms with Crippen LogP contribution in [0, 0.1) is 13.8 Å². The molecule has 3 aromatic rings. The van der Waals surface area contributed by atoms with Crippen molar-refractivity contribution in [1.29, 1.82) is 0 Å². The number of thioether (sulfide) groups is 1. The zero-order chi connectivity index (χ0) is 22.8. The number of morpholine rings is 1. The number of ketones is 2. The van der Waals surface area contributed by atoms with Crippen LogP contribution >= 0.6 is 11.8 Å². The maximum Gasteiger partial charge on any atom is 0.192 e. The molecule has 1 aliphatic rings. The summed E-state index contributed by atoms with van der Waals surface area (Å²) in [7, 11) is 0. The molecule has 1 atom stereocenters. The number of aryl methyl sites for hydroxylation is 1. The molecule has 1 saturated heterocycles. The zero-order valence-corrected chi connectivity index (χ0v) is 19.7. The second-order valence-corrected chi connectivity index (χ2v) is 9.49. The molecule has 2 aromatic heterocycles. The third kappa shape index (κ3) is 4.62. The lowest BCUT2D eigenvalue weighted by molar-refractivity contribution is 0.0330. The minimum atomic E-state index is -0.374. The van der Waals surface area contributed by atoms with Gasteiger partial charge in [-0.1, -0.05) is 30.0 Å². The van der Waals surface area contributed by atoms with Crippen LogP contribution in [0.2, 0.25) is 0 Å². The summed E-state index contributed by atoms with van der Waals surface area (Å²) in [4.78, 5) is 40.2. The number of fused-ring (bicyclic) bond motifs is 1. The average molecular weight is 453 g/mol. The summed E-state index contributed by atoms with van der Waals surface area (Å²) in [6, 6.07) is 7.89. The van der Waals surface area contributed by atoms with E-state index in [0.717, 1.165) is 53.8 Å². The normalized spacial score (nSPS) is 15.8. The standard InChI is InChI=1S/C24H28N4O3S/c1-14-21(16(3)29)15(2)25-22(14)23(30)17(4)32-24-18-7-5-6-8-19(18)26-20(27-24)13-28-9-11-31-12-10-28/h5-8,17,25H,9-13H2,1-4H3. The highest BCUT2D eigenvalue weighted by atomic mass is 32.2. The molecule has 4 rings (SSSR count). The first-order valence-electron chi connectivity index (χ1n) is 10.8. The molecule has 0 amide bonds. The van der Waals surface area contributed by atoms with E-state index in [9.17, 15) is 9.59 Å². The van der Waals surface area contributed by atoms with Crippen molar-refractivity contribution in [3.05, 3.63) is 52.6 Å². The smallest absolute Gasteiger partial charge is 0.192 e. The van der Waals surface area contributed by atoms with Crippen LogP contribution in [0.1, 0.15) is 51.8 Å². The van der Waals surface area contributed by atoms with Crippen LogP contribution < -0.4 is 0 Å². The van der Waals surface area contributed by atoms with E-state index in [1.807, 2.05) is 45.0 Å². The van der Waals surface area contributed by atoms with E-state index in [0.29, 0.717) is 23.4 Å². The van der Waals surface area contributed by atoms with Crippen LogP contribution in [0.4, 0.5) is 0 Å². The van der Waals surface area contributed by atoms with E-state index in [4.69, 9.17) is 14.7 Å². The minimum Gasteiger partial charge on any atom is -0.379 e. The van der Waals surface area contributed by atoms with Crippen molar-refractivity contribution in [2.24, 2.45) is 0 Å². The second kappa shape index (κ2) is 9.52. The number of aromatic nitrogens is 3. The molecule has 1 aromatic carbocycles. The van der Waals surface area contributed by atoms with Crippen LogP contribution in [0.5, 0.6) is 0 Å². The molecule has 7 nitrogen and oxygen atoms in total. The summed E-state index contributed by atoms with van der Waals surface area (Å²) in [5.74, 6) is 0.671. The predicted molar refractivity (Wildman–Crippen MR) is 126 cm³/mol. The SMILES string of the molecule is CC(=O)c1c(C)[nH]c(C(=O)C(C)Sc2nc(CN3CCOCC3)nc3ccccc23)c1C. The third-order valence-corrected chi connectivity index (χ3v) is 6.88. The first-order chi connectivity index (χ1) is 15.3. The average Bonchev–Trinajstić information content (AvgIpc) is 3.07. The van der Waals surface area contributed by atoms with Gasteiger partial charge in [-0.2, -0.15) is 0 Å². The van der Waals surface area contributed by atoms with Crippen LogP contribution in [0.15, 0.2) is 29.3 Å². The number of H-pyrrole nitrogens is 1. The Balaban J connectivity index is 1.62. The Morgan fingerprint density at radius 1 is 1.19 bits per heavy atom. The van der Waals surface area contributed by atoms with Gasteiger partial charge >= 0.3 is 0 Å². The summed E-state index contributed by atoms with van der Waals surface area (Å²) < 4.78 is 5.44. The van der Waals surface area contributed by atoms with E-state index >= 15 is 0 Å². The number of ether oxygens (including phenoxy) is 1. The second-order valence-electron chi connectivity index (χ2n) is 8.16. The summed E-state index contributed by atoms with van der Waals surface area (Å²) >= 11 is 1.44. The monoisotopic (exact) mass is 452 g/mol. The number of para-hydroxylation sites is 1. The van der Waals surface area contributed by atoms with Crippen LogP contribution in [0.25, 0.3) is 10.9 Å². The van der Waals surface area contributed by atoms with Crippen molar-refractivity contribution in [2.75, 3.05) is 26.3 Å². The first kappa shape index (κ1) is 22.6. The van der Waals surface area contributed by atoms with Gasteiger partial charge in [-0.05, 0) is 39.3 Å². The van der Waals surface area contributed by atoms with Crippen LogP contribution in [-0.2, 0) is 11.3 Å². The van der Waals surface area contributed by atoms with Crippen molar-refractivity contribution in [2.45, 2.75) is 44.5 Å². The number of nitrogens with zero attached hydrogens (tertiary/aromatic N) is 3. The van der Waals surface area contributed by atoms with Crippen molar-refractivity contribution >= 4 is 34.2 Å². The molecule has 1 unspecified atom stereocenters. The molecule has 168 valence electrons. The highest BCUT2D eigenvalue weighted by Gasteiger charge is 2.25. The fraction of sp³-hybridized carbons (Fsp3) is 0.417.